The predicted molar refractivity (Wildman–Crippen MR) is 81.3 cm³/mol. The highest BCUT2D eigenvalue weighted by Crippen LogP contribution is 2.37. The molecular formula is C17H18N2O. The first kappa shape index (κ1) is 11.9. The Morgan fingerprint density at radius 2 is 1.95 bits per heavy atom. The zero-order valence-electron chi connectivity index (χ0n) is 11.4. The third-order valence-corrected chi connectivity index (χ3v) is 4.22. The van der Waals surface area contributed by atoms with Crippen molar-refractivity contribution in [3.8, 4) is 0 Å². The number of nitrogens with one attached hydrogen (secondary N) is 1. The molecule has 2 aromatic carbocycles. The van der Waals surface area contributed by atoms with E-state index < -0.39 is 0 Å². The number of rotatable bonds is 5. The SMILES string of the molecule is O=C1c2cccc3cccc(c23)N1CCCNC1CC1. The number of anilines is 1. The molecule has 3 heteroatoms. The van der Waals surface area contributed by atoms with Gasteiger partial charge in [-0.2, -0.15) is 0 Å². The zero-order valence-corrected chi connectivity index (χ0v) is 11.4. The molecule has 20 heavy (non-hydrogen) atoms. The summed E-state index contributed by atoms with van der Waals surface area (Å²) in [4.78, 5) is 14.5. The van der Waals surface area contributed by atoms with Crippen molar-refractivity contribution < 1.29 is 4.79 Å². The summed E-state index contributed by atoms with van der Waals surface area (Å²) in [5.74, 6) is 0.156. The Labute approximate surface area is 118 Å². The molecule has 0 unspecified atom stereocenters. The maximum Gasteiger partial charge on any atom is 0.258 e. The number of amides is 1. The van der Waals surface area contributed by atoms with Gasteiger partial charge < -0.3 is 10.2 Å². The monoisotopic (exact) mass is 266 g/mol. The molecule has 2 aliphatic rings. The summed E-state index contributed by atoms with van der Waals surface area (Å²) >= 11 is 0. The van der Waals surface area contributed by atoms with Gasteiger partial charge in [0, 0.05) is 23.5 Å². The first-order chi connectivity index (χ1) is 9.84. The average Bonchev–Trinajstić information content (AvgIpc) is 3.26. The van der Waals surface area contributed by atoms with E-state index in [-0.39, 0.29) is 5.91 Å². The molecule has 0 bridgehead atoms. The average molecular weight is 266 g/mol. The Kier molecular flexibility index (Phi) is 2.74. The van der Waals surface area contributed by atoms with Crippen LogP contribution in [0.15, 0.2) is 36.4 Å². The van der Waals surface area contributed by atoms with Crippen molar-refractivity contribution in [3.05, 3.63) is 42.0 Å². The molecule has 4 rings (SSSR count). The Balaban J connectivity index is 1.56. The van der Waals surface area contributed by atoms with Crippen LogP contribution in [0.4, 0.5) is 5.69 Å². The highest BCUT2D eigenvalue weighted by atomic mass is 16.2. The van der Waals surface area contributed by atoms with E-state index in [0.717, 1.165) is 47.6 Å². The standard InChI is InChI=1S/C17H18N2O/c20-17-14-6-1-4-12-5-2-7-15(16(12)14)19(17)11-3-10-18-13-8-9-13/h1-2,4-7,13,18H,3,8-11H2. The van der Waals surface area contributed by atoms with Gasteiger partial charge in [-0.25, -0.2) is 0 Å². The number of benzene rings is 2. The summed E-state index contributed by atoms with van der Waals surface area (Å²) in [5.41, 5.74) is 1.93. The largest absolute Gasteiger partial charge is 0.314 e. The summed E-state index contributed by atoms with van der Waals surface area (Å²) in [6, 6.07) is 12.9. The zero-order chi connectivity index (χ0) is 13.5. The summed E-state index contributed by atoms with van der Waals surface area (Å²) in [6.07, 6.45) is 3.63. The van der Waals surface area contributed by atoms with Gasteiger partial charge in [0.15, 0.2) is 0 Å². The molecule has 1 fully saturated rings. The van der Waals surface area contributed by atoms with E-state index in [2.05, 4.69) is 23.5 Å². The summed E-state index contributed by atoms with van der Waals surface area (Å²) in [6.45, 7) is 1.80. The number of carbonyl (C=O) groups excluding carboxylic acids is 1. The van der Waals surface area contributed by atoms with Crippen LogP contribution in [0.25, 0.3) is 10.8 Å². The summed E-state index contributed by atoms with van der Waals surface area (Å²) in [5, 5.41) is 5.78. The molecule has 1 heterocycles. The van der Waals surface area contributed by atoms with Crippen LogP contribution in [0, 0.1) is 0 Å². The highest BCUT2D eigenvalue weighted by Gasteiger charge is 2.29. The Bertz CT molecular complexity index is 670. The van der Waals surface area contributed by atoms with Crippen molar-refractivity contribution in [1.82, 2.24) is 5.32 Å². The van der Waals surface area contributed by atoms with Gasteiger partial charge in [-0.3, -0.25) is 4.79 Å². The second-order valence-corrected chi connectivity index (χ2v) is 5.72. The number of nitrogens with zero attached hydrogens (tertiary/aromatic N) is 1. The molecule has 1 aliphatic carbocycles. The Morgan fingerprint density at radius 3 is 2.75 bits per heavy atom. The van der Waals surface area contributed by atoms with E-state index in [0.29, 0.717) is 0 Å². The van der Waals surface area contributed by atoms with Gasteiger partial charge in [0.2, 0.25) is 0 Å². The Hall–Kier alpha value is -1.87. The van der Waals surface area contributed by atoms with Crippen molar-refractivity contribution in [2.75, 3.05) is 18.0 Å². The molecule has 0 spiro atoms. The first-order valence-electron chi connectivity index (χ1n) is 7.41. The minimum atomic E-state index is 0.156. The van der Waals surface area contributed by atoms with E-state index in [1.54, 1.807) is 0 Å². The van der Waals surface area contributed by atoms with Crippen LogP contribution in [0.5, 0.6) is 0 Å². The summed E-state index contributed by atoms with van der Waals surface area (Å²) < 4.78 is 0. The third kappa shape index (κ3) is 1.90. The van der Waals surface area contributed by atoms with E-state index >= 15 is 0 Å². The van der Waals surface area contributed by atoms with Crippen molar-refractivity contribution in [3.63, 3.8) is 0 Å². The number of carbonyl (C=O) groups is 1. The van der Waals surface area contributed by atoms with Crippen LogP contribution in [-0.4, -0.2) is 25.0 Å². The van der Waals surface area contributed by atoms with Crippen molar-refractivity contribution in [2.24, 2.45) is 0 Å². The first-order valence-corrected chi connectivity index (χ1v) is 7.41. The molecule has 1 aliphatic heterocycles. The molecule has 0 aromatic heterocycles. The lowest BCUT2D eigenvalue weighted by Crippen LogP contribution is -2.30. The minimum Gasteiger partial charge on any atom is -0.314 e. The Morgan fingerprint density at radius 1 is 1.15 bits per heavy atom. The molecule has 0 radical (unpaired) electrons. The lowest BCUT2D eigenvalue weighted by molar-refractivity contribution is 0.0993. The van der Waals surface area contributed by atoms with Gasteiger partial charge in [0.1, 0.15) is 0 Å². The molecule has 0 saturated heterocycles. The summed E-state index contributed by atoms with van der Waals surface area (Å²) in [7, 11) is 0. The molecule has 3 nitrogen and oxygen atoms in total. The molecule has 0 atom stereocenters. The molecule has 1 saturated carbocycles. The maximum atomic E-state index is 12.5. The molecular weight excluding hydrogens is 248 g/mol. The molecule has 1 amide bonds. The quantitative estimate of drug-likeness (QED) is 0.844. The topological polar surface area (TPSA) is 32.3 Å². The van der Waals surface area contributed by atoms with Gasteiger partial charge in [0.25, 0.3) is 5.91 Å². The van der Waals surface area contributed by atoms with Gasteiger partial charge in [0.05, 0.1) is 5.69 Å². The van der Waals surface area contributed by atoms with E-state index in [4.69, 9.17) is 0 Å². The molecule has 102 valence electrons. The van der Waals surface area contributed by atoms with E-state index in [1.165, 1.54) is 12.8 Å². The van der Waals surface area contributed by atoms with Crippen molar-refractivity contribution >= 4 is 22.4 Å². The fourth-order valence-corrected chi connectivity index (χ4v) is 3.03. The lowest BCUT2D eigenvalue weighted by atomic mass is 10.1. The van der Waals surface area contributed by atoms with Crippen LogP contribution in [0.3, 0.4) is 0 Å². The predicted octanol–water partition coefficient (Wildman–Crippen LogP) is 2.94. The van der Waals surface area contributed by atoms with Crippen LogP contribution < -0.4 is 10.2 Å². The normalized spacial score (nSPS) is 17.2. The number of hydrogen-bond donors (Lipinski definition) is 1. The van der Waals surface area contributed by atoms with E-state index in [1.807, 2.05) is 23.1 Å². The van der Waals surface area contributed by atoms with Gasteiger partial charge >= 0.3 is 0 Å². The van der Waals surface area contributed by atoms with Crippen LogP contribution in [-0.2, 0) is 0 Å². The van der Waals surface area contributed by atoms with Crippen LogP contribution in [0.2, 0.25) is 0 Å². The minimum absolute atomic E-state index is 0.156. The van der Waals surface area contributed by atoms with Gasteiger partial charge in [-0.05, 0) is 43.3 Å². The second-order valence-electron chi connectivity index (χ2n) is 5.72. The van der Waals surface area contributed by atoms with Gasteiger partial charge in [-0.15, -0.1) is 0 Å². The number of hydrogen-bond acceptors (Lipinski definition) is 2. The highest BCUT2D eigenvalue weighted by molar-refractivity contribution is 6.24. The van der Waals surface area contributed by atoms with E-state index in [9.17, 15) is 4.79 Å². The molecule has 1 N–H and O–H groups in total. The fourth-order valence-electron chi connectivity index (χ4n) is 3.03. The van der Waals surface area contributed by atoms with Gasteiger partial charge in [-0.1, -0.05) is 24.3 Å². The van der Waals surface area contributed by atoms with Crippen molar-refractivity contribution in [2.45, 2.75) is 25.3 Å². The van der Waals surface area contributed by atoms with Crippen molar-refractivity contribution in [1.29, 1.82) is 0 Å². The smallest absolute Gasteiger partial charge is 0.258 e. The maximum absolute atomic E-state index is 12.5. The van der Waals surface area contributed by atoms with Crippen LogP contribution >= 0.6 is 0 Å². The second kappa shape index (κ2) is 4.60. The fraction of sp³-hybridized carbons (Fsp3) is 0.353. The van der Waals surface area contributed by atoms with Crippen LogP contribution in [0.1, 0.15) is 29.6 Å². The third-order valence-electron chi connectivity index (χ3n) is 4.22. The lowest BCUT2D eigenvalue weighted by Gasteiger charge is -2.17. The molecule has 2 aromatic rings.